The van der Waals surface area contributed by atoms with E-state index < -0.39 is 6.09 Å². The number of ether oxygens (including phenoxy) is 1. The second-order valence-electron chi connectivity index (χ2n) is 1.98. The number of hydrogen-bond donors (Lipinski definition) is 0. The Morgan fingerprint density at radius 2 is 2.56 bits per heavy atom. The van der Waals surface area contributed by atoms with Crippen molar-refractivity contribution < 1.29 is 9.53 Å². The molecule has 0 atom stereocenters. The normalized spacial score (nSPS) is 17.4. The summed E-state index contributed by atoms with van der Waals surface area (Å²) in [4.78, 5) is 14.0. The number of aliphatic imine (C=N–C) groups is 1. The first kappa shape index (κ1) is 6.26. The van der Waals surface area contributed by atoms with Crippen LogP contribution in [0.4, 0.5) is 4.79 Å². The number of carbonyl (C=O) groups excluding carboxylic acids is 1. The van der Waals surface area contributed by atoms with Gasteiger partial charge < -0.3 is 4.74 Å². The van der Waals surface area contributed by atoms with Gasteiger partial charge in [0.05, 0.1) is 5.71 Å². The van der Waals surface area contributed by atoms with Crippen LogP contribution in [0.2, 0.25) is 0 Å². The Hall–Kier alpha value is -0.860. The van der Waals surface area contributed by atoms with Crippen molar-refractivity contribution >= 4 is 11.8 Å². The largest absolute Gasteiger partial charge is 0.442 e. The third-order valence-corrected chi connectivity index (χ3v) is 1.15. The predicted octanol–water partition coefficient (Wildman–Crippen LogP) is 1.38. The van der Waals surface area contributed by atoms with Crippen LogP contribution in [0.3, 0.4) is 0 Å². The molecule has 50 valence electrons. The second kappa shape index (κ2) is 2.62. The first-order valence-electron chi connectivity index (χ1n) is 3.06. The quantitative estimate of drug-likeness (QED) is 0.562. The molecule has 0 saturated heterocycles. The molecule has 1 amide bonds. The molecule has 3 nitrogen and oxygen atoms in total. The second-order valence-corrected chi connectivity index (χ2v) is 1.98. The van der Waals surface area contributed by atoms with Gasteiger partial charge in [0, 0.05) is 0 Å². The average molecular weight is 127 g/mol. The van der Waals surface area contributed by atoms with Gasteiger partial charge in [-0.1, -0.05) is 13.3 Å². The van der Waals surface area contributed by atoms with E-state index in [1.54, 1.807) is 0 Å². The third kappa shape index (κ3) is 1.52. The minimum Gasteiger partial charge on any atom is -0.442 e. The average Bonchev–Trinajstić information content (AvgIpc) is 2.17. The van der Waals surface area contributed by atoms with Crippen LogP contribution in [0.1, 0.15) is 19.8 Å². The molecule has 1 heterocycles. The summed E-state index contributed by atoms with van der Waals surface area (Å²) in [5.74, 6) is 0. The van der Waals surface area contributed by atoms with E-state index in [4.69, 9.17) is 0 Å². The van der Waals surface area contributed by atoms with E-state index in [9.17, 15) is 4.79 Å². The van der Waals surface area contributed by atoms with E-state index in [0.29, 0.717) is 6.61 Å². The fraction of sp³-hybridized carbons (Fsp3) is 0.667. The summed E-state index contributed by atoms with van der Waals surface area (Å²) in [7, 11) is 0. The third-order valence-electron chi connectivity index (χ3n) is 1.15. The maximum absolute atomic E-state index is 10.3. The van der Waals surface area contributed by atoms with E-state index in [-0.39, 0.29) is 0 Å². The highest BCUT2D eigenvalue weighted by molar-refractivity contribution is 5.98. The SMILES string of the molecule is CCCC1=NC(=O)OC1. The topological polar surface area (TPSA) is 38.7 Å². The molecule has 0 aliphatic carbocycles. The molecule has 1 rings (SSSR count). The van der Waals surface area contributed by atoms with Gasteiger partial charge >= 0.3 is 6.09 Å². The summed E-state index contributed by atoms with van der Waals surface area (Å²) < 4.78 is 4.58. The predicted molar refractivity (Wildman–Crippen MR) is 33.7 cm³/mol. The number of rotatable bonds is 2. The lowest BCUT2D eigenvalue weighted by molar-refractivity contribution is 0.181. The molecule has 1 aliphatic rings. The Morgan fingerprint density at radius 1 is 1.78 bits per heavy atom. The molecular weight excluding hydrogens is 118 g/mol. The number of nitrogens with zero attached hydrogens (tertiary/aromatic N) is 1. The molecule has 0 aromatic carbocycles. The molecule has 0 aromatic rings. The molecule has 0 spiro atoms. The molecule has 0 saturated carbocycles. The number of amides is 1. The maximum atomic E-state index is 10.3. The Bertz CT molecular complexity index is 151. The van der Waals surface area contributed by atoms with Gasteiger partial charge in [-0.3, -0.25) is 0 Å². The van der Waals surface area contributed by atoms with E-state index in [1.165, 1.54) is 0 Å². The van der Waals surface area contributed by atoms with Crippen LogP contribution >= 0.6 is 0 Å². The summed E-state index contributed by atoms with van der Waals surface area (Å²) in [5, 5.41) is 0. The van der Waals surface area contributed by atoms with Crippen molar-refractivity contribution in [2.75, 3.05) is 6.61 Å². The summed E-state index contributed by atoms with van der Waals surface area (Å²) >= 11 is 0. The Morgan fingerprint density at radius 3 is 3.00 bits per heavy atom. The minimum absolute atomic E-state index is 0.409. The fourth-order valence-corrected chi connectivity index (χ4v) is 0.755. The van der Waals surface area contributed by atoms with Crippen LogP contribution in [0, 0.1) is 0 Å². The summed E-state index contributed by atoms with van der Waals surface area (Å²) in [5.41, 5.74) is 0.877. The van der Waals surface area contributed by atoms with E-state index in [0.717, 1.165) is 18.6 Å². The van der Waals surface area contributed by atoms with Gasteiger partial charge in [-0.15, -0.1) is 0 Å². The van der Waals surface area contributed by atoms with Crippen molar-refractivity contribution in [3.05, 3.63) is 0 Å². The summed E-state index contributed by atoms with van der Waals surface area (Å²) in [6, 6.07) is 0. The van der Waals surface area contributed by atoms with Crippen LogP contribution < -0.4 is 0 Å². The van der Waals surface area contributed by atoms with Gasteiger partial charge in [-0.05, 0) is 6.42 Å². The van der Waals surface area contributed by atoms with Crippen molar-refractivity contribution in [1.29, 1.82) is 0 Å². The van der Waals surface area contributed by atoms with E-state index in [2.05, 4.69) is 9.73 Å². The number of hydrogen-bond acceptors (Lipinski definition) is 2. The van der Waals surface area contributed by atoms with Gasteiger partial charge in [0.15, 0.2) is 0 Å². The first-order chi connectivity index (χ1) is 4.33. The monoisotopic (exact) mass is 127 g/mol. The Kier molecular flexibility index (Phi) is 1.82. The smallest absolute Gasteiger partial charge is 0.433 e. The Balaban J connectivity index is 2.42. The molecule has 3 heteroatoms. The van der Waals surface area contributed by atoms with Crippen LogP contribution in [0.25, 0.3) is 0 Å². The zero-order valence-corrected chi connectivity index (χ0v) is 5.39. The van der Waals surface area contributed by atoms with E-state index in [1.807, 2.05) is 6.92 Å². The van der Waals surface area contributed by atoms with Gasteiger partial charge in [-0.2, -0.15) is 4.99 Å². The van der Waals surface area contributed by atoms with Gasteiger partial charge in [0.2, 0.25) is 0 Å². The van der Waals surface area contributed by atoms with Crippen molar-refractivity contribution in [1.82, 2.24) is 0 Å². The van der Waals surface area contributed by atoms with Crippen LogP contribution in [0.5, 0.6) is 0 Å². The molecule has 0 bridgehead atoms. The summed E-state index contributed by atoms with van der Waals surface area (Å²) in [6.45, 7) is 2.46. The van der Waals surface area contributed by atoms with Crippen LogP contribution in [0.15, 0.2) is 4.99 Å². The highest BCUT2D eigenvalue weighted by Gasteiger charge is 2.12. The minimum atomic E-state index is -0.432. The van der Waals surface area contributed by atoms with Gasteiger partial charge in [0.25, 0.3) is 0 Å². The van der Waals surface area contributed by atoms with Gasteiger partial charge in [0.1, 0.15) is 6.61 Å². The molecule has 0 fully saturated rings. The van der Waals surface area contributed by atoms with Gasteiger partial charge in [-0.25, -0.2) is 4.79 Å². The zero-order valence-electron chi connectivity index (χ0n) is 5.39. The molecule has 0 aromatic heterocycles. The van der Waals surface area contributed by atoms with Crippen LogP contribution in [-0.2, 0) is 4.74 Å². The van der Waals surface area contributed by atoms with Crippen molar-refractivity contribution in [3.63, 3.8) is 0 Å². The number of cyclic esters (lactones) is 1. The van der Waals surface area contributed by atoms with Crippen molar-refractivity contribution in [2.45, 2.75) is 19.8 Å². The lowest BCUT2D eigenvalue weighted by Gasteiger charge is -1.90. The maximum Gasteiger partial charge on any atom is 0.433 e. The lowest BCUT2D eigenvalue weighted by Crippen LogP contribution is -1.98. The Labute approximate surface area is 53.7 Å². The standard InChI is InChI=1S/C6H9NO2/c1-2-3-5-4-9-6(8)7-5/h2-4H2,1H3. The molecule has 1 aliphatic heterocycles. The van der Waals surface area contributed by atoms with Crippen molar-refractivity contribution in [2.24, 2.45) is 4.99 Å². The highest BCUT2D eigenvalue weighted by Crippen LogP contribution is 2.02. The van der Waals surface area contributed by atoms with E-state index >= 15 is 0 Å². The molecule has 0 radical (unpaired) electrons. The molecular formula is C6H9NO2. The highest BCUT2D eigenvalue weighted by atomic mass is 16.6. The fourth-order valence-electron chi connectivity index (χ4n) is 0.755. The van der Waals surface area contributed by atoms with Crippen LogP contribution in [-0.4, -0.2) is 18.4 Å². The number of carbonyl (C=O) groups is 1. The summed E-state index contributed by atoms with van der Waals surface area (Å²) in [6.07, 6.45) is 1.47. The lowest BCUT2D eigenvalue weighted by atomic mass is 10.2. The van der Waals surface area contributed by atoms with Crippen molar-refractivity contribution in [3.8, 4) is 0 Å². The zero-order chi connectivity index (χ0) is 6.69. The first-order valence-corrected chi connectivity index (χ1v) is 3.06. The molecule has 0 N–H and O–H groups in total. The molecule has 0 unspecified atom stereocenters. The molecule has 9 heavy (non-hydrogen) atoms.